The highest BCUT2D eigenvalue weighted by Crippen LogP contribution is 2.35. The molecule has 1 saturated heterocycles. The van der Waals surface area contributed by atoms with E-state index in [-0.39, 0.29) is 6.03 Å². The topological polar surface area (TPSA) is 57.3 Å². The molecule has 27 heavy (non-hydrogen) atoms. The largest absolute Gasteiger partial charge is 0.382 e. The van der Waals surface area contributed by atoms with E-state index >= 15 is 0 Å². The first kappa shape index (κ1) is 17.8. The van der Waals surface area contributed by atoms with Crippen LogP contribution in [0.4, 0.5) is 16.2 Å². The van der Waals surface area contributed by atoms with Crippen LogP contribution in [0.25, 0.3) is 0 Å². The molecule has 0 spiro atoms. The lowest BCUT2D eigenvalue weighted by molar-refractivity contribution is 0.243. The van der Waals surface area contributed by atoms with Crippen molar-refractivity contribution in [3.63, 3.8) is 0 Å². The number of benzene rings is 1. The molecule has 2 heterocycles. The summed E-state index contributed by atoms with van der Waals surface area (Å²) in [5.41, 5.74) is 4.65. The fourth-order valence-corrected chi connectivity index (χ4v) is 4.39. The molecule has 5 nitrogen and oxygen atoms in total. The molecule has 4 rings (SSSR count). The van der Waals surface area contributed by atoms with Gasteiger partial charge in [0, 0.05) is 37.2 Å². The number of hydrogen-bond acceptors (Lipinski definition) is 3. The minimum absolute atomic E-state index is 0.0100. The summed E-state index contributed by atoms with van der Waals surface area (Å²) in [5.74, 6) is 0.571. The molecule has 1 aliphatic carbocycles. The summed E-state index contributed by atoms with van der Waals surface area (Å²) in [6.45, 7) is 3.66. The number of anilines is 2. The summed E-state index contributed by atoms with van der Waals surface area (Å²) < 4.78 is 0. The van der Waals surface area contributed by atoms with Crippen molar-refractivity contribution in [1.82, 2.24) is 10.3 Å². The fourth-order valence-electron chi connectivity index (χ4n) is 4.39. The van der Waals surface area contributed by atoms with Gasteiger partial charge in [0.15, 0.2) is 0 Å². The smallest absolute Gasteiger partial charge is 0.321 e. The Kier molecular flexibility index (Phi) is 5.28. The number of aromatic nitrogens is 1. The summed E-state index contributed by atoms with van der Waals surface area (Å²) in [6, 6.07) is 10.9. The zero-order valence-corrected chi connectivity index (χ0v) is 15.9. The van der Waals surface area contributed by atoms with Crippen molar-refractivity contribution in [3.8, 4) is 0 Å². The van der Waals surface area contributed by atoms with Crippen LogP contribution in [0.1, 0.15) is 49.1 Å². The second kappa shape index (κ2) is 7.99. The number of amides is 2. The number of carbonyl (C=O) groups excluding carboxylic acids is 1. The van der Waals surface area contributed by atoms with E-state index in [0.29, 0.717) is 12.0 Å². The Hall–Kier alpha value is -2.56. The summed E-state index contributed by atoms with van der Waals surface area (Å²) in [7, 11) is 0. The summed E-state index contributed by atoms with van der Waals surface area (Å²) in [4.78, 5) is 18.4. The zero-order chi connectivity index (χ0) is 18.6. The Bertz CT molecular complexity index is 792. The average molecular weight is 364 g/mol. The van der Waals surface area contributed by atoms with Gasteiger partial charge in [0.05, 0.1) is 5.69 Å². The molecular weight excluding hydrogens is 336 g/mol. The SMILES string of the molecule is Cc1c(NC2CCCC(c3cccnc3)C2)cccc1N1CCCNC1=O. The first-order valence-corrected chi connectivity index (χ1v) is 10.0. The maximum atomic E-state index is 12.2. The molecule has 1 aliphatic heterocycles. The Labute approximate surface area is 161 Å². The Morgan fingerprint density at radius 1 is 1.19 bits per heavy atom. The maximum absolute atomic E-state index is 12.2. The molecule has 2 aromatic rings. The van der Waals surface area contributed by atoms with Gasteiger partial charge in [-0.15, -0.1) is 0 Å². The average Bonchev–Trinajstić information content (AvgIpc) is 2.71. The number of nitrogens with zero attached hydrogens (tertiary/aromatic N) is 2. The second-order valence-corrected chi connectivity index (χ2v) is 7.68. The van der Waals surface area contributed by atoms with Gasteiger partial charge in [0.2, 0.25) is 0 Å². The van der Waals surface area contributed by atoms with Crippen LogP contribution in [0.15, 0.2) is 42.7 Å². The first-order valence-electron chi connectivity index (χ1n) is 10.0. The zero-order valence-electron chi connectivity index (χ0n) is 15.9. The first-order chi connectivity index (χ1) is 13.2. The number of hydrogen-bond donors (Lipinski definition) is 2. The van der Waals surface area contributed by atoms with E-state index in [1.807, 2.05) is 35.5 Å². The van der Waals surface area contributed by atoms with Gasteiger partial charge < -0.3 is 10.6 Å². The minimum atomic E-state index is 0.0100. The Morgan fingerprint density at radius 3 is 2.93 bits per heavy atom. The van der Waals surface area contributed by atoms with Crippen LogP contribution in [0.5, 0.6) is 0 Å². The van der Waals surface area contributed by atoms with E-state index < -0.39 is 0 Å². The van der Waals surface area contributed by atoms with Crippen molar-refractivity contribution in [2.75, 3.05) is 23.3 Å². The van der Waals surface area contributed by atoms with Gasteiger partial charge in [0.25, 0.3) is 0 Å². The number of urea groups is 1. The van der Waals surface area contributed by atoms with Crippen molar-refractivity contribution in [2.24, 2.45) is 0 Å². The normalized spacial score (nSPS) is 23.0. The highest BCUT2D eigenvalue weighted by molar-refractivity contribution is 5.94. The van der Waals surface area contributed by atoms with E-state index in [1.54, 1.807) is 0 Å². The van der Waals surface area contributed by atoms with E-state index in [0.717, 1.165) is 42.9 Å². The van der Waals surface area contributed by atoms with Crippen LogP contribution in [-0.2, 0) is 0 Å². The summed E-state index contributed by atoms with van der Waals surface area (Å²) in [5, 5.41) is 6.71. The standard InChI is InChI=1S/C22H28N4O/c1-16-20(9-3-10-21(16)26-13-5-12-24-22(26)27)25-19-8-2-6-17(14-19)18-7-4-11-23-15-18/h3-4,7,9-11,15,17,19,25H,2,5-6,8,12-14H2,1H3,(H,24,27). The Morgan fingerprint density at radius 2 is 2.11 bits per heavy atom. The maximum Gasteiger partial charge on any atom is 0.321 e. The molecular formula is C22H28N4O. The molecule has 1 aromatic heterocycles. The molecule has 2 aliphatic rings. The quantitative estimate of drug-likeness (QED) is 0.843. The molecule has 1 saturated carbocycles. The van der Waals surface area contributed by atoms with Crippen LogP contribution in [0.2, 0.25) is 0 Å². The highest BCUT2D eigenvalue weighted by atomic mass is 16.2. The molecule has 142 valence electrons. The third-order valence-electron chi connectivity index (χ3n) is 5.87. The molecule has 2 N–H and O–H groups in total. The van der Waals surface area contributed by atoms with Gasteiger partial charge in [0.1, 0.15) is 0 Å². The van der Waals surface area contributed by atoms with Crippen LogP contribution in [-0.4, -0.2) is 30.1 Å². The summed E-state index contributed by atoms with van der Waals surface area (Å²) >= 11 is 0. The second-order valence-electron chi connectivity index (χ2n) is 7.68. The number of rotatable bonds is 4. The van der Waals surface area contributed by atoms with Gasteiger partial charge in [-0.1, -0.05) is 18.6 Å². The van der Waals surface area contributed by atoms with Gasteiger partial charge in [-0.3, -0.25) is 9.88 Å². The third kappa shape index (κ3) is 3.92. The minimum Gasteiger partial charge on any atom is -0.382 e. The summed E-state index contributed by atoms with van der Waals surface area (Å²) in [6.07, 6.45) is 9.60. The Balaban J connectivity index is 1.49. The molecule has 2 unspecified atom stereocenters. The predicted molar refractivity (Wildman–Crippen MR) is 109 cm³/mol. The van der Waals surface area contributed by atoms with Gasteiger partial charge in [-0.2, -0.15) is 0 Å². The fraction of sp³-hybridized carbons (Fsp3) is 0.455. The van der Waals surface area contributed by atoms with Gasteiger partial charge in [-0.05, 0) is 67.9 Å². The van der Waals surface area contributed by atoms with Crippen molar-refractivity contribution >= 4 is 17.4 Å². The van der Waals surface area contributed by atoms with Crippen LogP contribution in [0, 0.1) is 6.92 Å². The monoisotopic (exact) mass is 364 g/mol. The third-order valence-corrected chi connectivity index (χ3v) is 5.87. The van der Waals surface area contributed by atoms with E-state index in [1.165, 1.54) is 24.8 Å². The van der Waals surface area contributed by atoms with Crippen LogP contribution >= 0.6 is 0 Å². The molecule has 2 atom stereocenters. The lowest BCUT2D eigenvalue weighted by Crippen LogP contribution is -2.46. The lowest BCUT2D eigenvalue weighted by atomic mass is 9.82. The molecule has 2 fully saturated rings. The van der Waals surface area contributed by atoms with Crippen LogP contribution < -0.4 is 15.5 Å². The highest BCUT2D eigenvalue weighted by Gasteiger charge is 2.25. The molecule has 5 heteroatoms. The number of pyridine rings is 1. The van der Waals surface area contributed by atoms with E-state index in [9.17, 15) is 4.79 Å². The van der Waals surface area contributed by atoms with Crippen molar-refractivity contribution in [3.05, 3.63) is 53.9 Å². The van der Waals surface area contributed by atoms with Crippen LogP contribution in [0.3, 0.4) is 0 Å². The molecule has 0 radical (unpaired) electrons. The van der Waals surface area contributed by atoms with Crippen molar-refractivity contribution < 1.29 is 4.79 Å². The number of carbonyl (C=O) groups is 1. The van der Waals surface area contributed by atoms with Gasteiger partial charge >= 0.3 is 6.03 Å². The van der Waals surface area contributed by atoms with E-state index in [2.05, 4.69) is 34.7 Å². The lowest BCUT2D eigenvalue weighted by Gasteiger charge is -2.32. The van der Waals surface area contributed by atoms with Gasteiger partial charge in [-0.25, -0.2) is 4.79 Å². The number of nitrogens with one attached hydrogen (secondary N) is 2. The molecule has 1 aromatic carbocycles. The van der Waals surface area contributed by atoms with Crippen molar-refractivity contribution in [1.29, 1.82) is 0 Å². The predicted octanol–water partition coefficient (Wildman–Crippen LogP) is 4.45. The van der Waals surface area contributed by atoms with Crippen molar-refractivity contribution in [2.45, 2.75) is 51.0 Å². The van der Waals surface area contributed by atoms with E-state index in [4.69, 9.17) is 0 Å². The molecule has 2 amide bonds. The molecule has 0 bridgehead atoms.